The second-order valence-electron chi connectivity index (χ2n) is 4.61. The molecular weight excluding hydrogens is 186 g/mol. The summed E-state index contributed by atoms with van der Waals surface area (Å²) in [6.07, 6.45) is 7.40. The van der Waals surface area contributed by atoms with E-state index in [9.17, 15) is 4.79 Å². The molecule has 0 amide bonds. The summed E-state index contributed by atoms with van der Waals surface area (Å²) < 4.78 is 0. The van der Waals surface area contributed by atoms with Gasteiger partial charge < -0.3 is 0 Å². The number of Topliss-reactive ketones (excluding diaryl/α,β-unsaturated/α-hetero) is 1. The smallest absolute Gasteiger partial charge is 0.136 e. The number of hydrogen-bond acceptors (Lipinski definition) is 2. The zero-order valence-corrected chi connectivity index (χ0v) is 9.15. The highest BCUT2D eigenvalue weighted by atomic mass is 16.1. The molecule has 2 atom stereocenters. The summed E-state index contributed by atoms with van der Waals surface area (Å²) >= 11 is 0. The van der Waals surface area contributed by atoms with Crippen molar-refractivity contribution in [3.63, 3.8) is 0 Å². The minimum Gasteiger partial charge on any atom is -0.299 e. The van der Waals surface area contributed by atoms with Gasteiger partial charge in [0.1, 0.15) is 5.78 Å². The third-order valence-electron chi connectivity index (χ3n) is 3.23. The van der Waals surface area contributed by atoms with Crippen LogP contribution in [0.5, 0.6) is 0 Å². The van der Waals surface area contributed by atoms with Gasteiger partial charge in [0.05, 0.1) is 0 Å². The minimum absolute atomic E-state index is 0.234. The first-order valence-electron chi connectivity index (χ1n) is 5.67. The Morgan fingerprint density at radius 1 is 1.53 bits per heavy atom. The highest BCUT2D eigenvalue weighted by Crippen LogP contribution is 2.28. The van der Waals surface area contributed by atoms with E-state index in [1.165, 1.54) is 5.56 Å². The van der Waals surface area contributed by atoms with Gasteiger partial charge in [-0.05, 0) is 36.8 Å². The predicted molar refractivity (Wildman–Crippen MR) is 59.5 cm³/mol. The Bertz CT molecular complexity index is 334. The van der Waals surface area contributed by atoms with Gasteiger partial charge in [-0.2, -0.15) is 0 Å². The lowest BCUT2D eigenvalue weighted by atomic mass is 9.79. The molecule has 1 fully saturated rings. The summed E-state index contributed by atoms with van der Waals surface area (Å²) in [4.78, 5) is 15.8. The van der Waals surface area contributed by atoms with Crippen molar-refractivity contribution in [3.8, 4) is 0 Å². The van der Waals surface area contributed by atoms with Crippen molar-refractivity contribution in [2.45, 2.75) is 32.6 Å². The van der Waals surface area contributed by atoms with Crippen LogP contribution in [0.1, 0.15) is 31.7 Å². The first-order chi connectivity index (χ1) is 7.25. The van der Waals surface area contributed by atoms with E-state index in [1.807, 2.05) is 12.3 Å². The molecule has 2 nitrogen and oxygen atoms in total. The van der Waals surface area contributed by atoms with Gasteiger partial charge in [0.2, 0.25) is 0 Å². The minimum atomic E-state index is 0.234. The van der Waals surface area contributed by atoms with E-state index in [2.05, 4.69) is 18.0 Å². The van der Waals surface area contributed by atoms with Crippen molar-refractivity contribution < 1.29 is 4.79 Å². The number of ketones is 1. The number of rotatable bonds is 2. The van der Waals surface area contributed by atoms with E-state index in [1.54, 1.807) is 6.20 Å². The lowest BCUT2D eigenvalue weighted by molar-refractivity contribution is -0.125. The quantitative estimate of drug-likeness (QED) is 0.739. The Balaban J connectivity index is 2.01. The van der Waals surface area contributed by atoms with E-state index in [0.29, 0.717) is 11.7 Å². The second kappa shape index (κ2) is 4.56. The molecule has 1 saturated carbocycles. The SMILES string of the molecule is C[C@H]1CCC(=O)[C@@H](Cc2cccnc2)C1. The van der Waals surface area contributed by atoms with Crippen molar-refractivity contribution >= 4 is 5.78 Å². The highest BCUT2D eigenvalue weighted by molar-refractivity contribution is 5.82. The molecule has 1 aliphatic carbocycles. The van der Waals surface area contributed by atoms with Crippen LogP contribution in [0.2, 0.25) is 0 Å². The Morgan fingerprint density at radius 2 is 2.40 bits per heavy atom. The maximum Gasteiger partial charge on any atom is 0.136 e. The van der Waals surface area contributed by atoms with Gasteiger partial charge in [0.15, 0.2) is 0 Å². The summed E-state index contributed by atoms with van der Waals surface area (Å²) in [5.41, 5.74) is 1.19. The zero-order valence-electron chi connectivity index (χ0n) is 9.15. The third-order valence-corrected chi connectivity index (χ3v) is 3.23. The van der Waals surface area contributed by atoms with E-state index < -0.39 is 0 Å². The average molecular weight is 203 g/mol. The van der Waals surface area contributed by atoms with Gasteiger partial charge in [-0.3, -0.25) is 9.78 Å². The fraction of sp³-hybridized carbons (Fsp3) is 0.538. The average Bonchev–Trinajstić information content (AvgIpc) is 2.25. The number of nitrogens with zero attached hydrogens (tertiary/aromatic N) is 1. The molecule has 0 unspecified atom stereocenters. The Kier molecular flexibility index (Phi) is 3.14. The van der Waals surface area contributed by atoms with Crippen molar-refractivity contribution in [3.05, 3.63) is 30.1 Å². The van der Waals surface area contributed by atoms with Crippen molar-refractivity contribution in [2.24, 2.45) is 11.8 Å². The molecule has 2 rings (SSSR count). The van der Waals surface area contributed by atoms with Crippen molar-refractivity contribution in [1.29, 1.82) is 0 Å². The zero-order chi connectivity index (χ0) is 10.7. The lowest BCUT2D eigenvalue weighted by Crippen LogP contribution is -2.25. The van der Waals surface area contributed by atoms with Crippen LogP contribution in [0, 0.1) is 11.8 Å². The molecule has 0 radical (unpaired) electrons. The molecule has 15 heavy (non-hydrogen) atoms. The number of aromatic nitrogens is 1. The van der Waals surface area contributed by atoms with E-state index in [4.69, 9.17) is 0 Å². The number of pyridine rings is 1. The fourth-order valence-corrected chi connectivity index (χ4v) is 2.33. The summed E-state index contributed by atoms with van der Waals surface area (Å²) in [5, 5.41) is 0. The van der Waals surface area contributed by atoms with Gasteiger partial charge in [0.25, 0.3) is 0 Å². The van der Waals surface area contributed by atoms with Gasteiger partial charge in [-0.15, -0.1) is 0 Å². The largest absolute Gasteiger partial charge is 0.299 e. The topological polar surface area (TPSA) is 30.0 Å². The fourth-order valence-electron chi connectivity index (χ4n) is 2.33. The number of carbonyl (C=O) groups excluding carboxylic acids is 1. The molecule has 0 saturated heterocycles. The van der Waals surface area contributed by atoms with Crippen LogP contribution in [0.25, 0.3) is 0 Å². The number of hydrogen-bond donors (Lipinski definition) is 0. The maximum absolute atomic E-state index is 11.7. The normalized spacial score (nSPS) is 26.6. The monoisotopic (exact) mass is 203 g/mol. The number of carbonyl (C=O) groups is 1. The molecule has 0 spiro atoms. The lowest BCUT2D eigenvalue weighted by Gasteiger charge is -2.25. The molecule has 1 aliphatic rings. The summed E-state index contributed by atoms with van der Waals surface area (Å²) in [6, 6.07) is 3.99. The predicted octanol–water partition coefficient (Wildman–Crippen LogP) is 2.63. The van der Waals surface area contributed by atoms with E-state index in [-0.39, 0.29) is 5.92 Å². The van der Waals surface area contributed by atoms with Crippen LogP contribution in [-0.2, 0) is 11.2 Å². The van der Waals surface area contributed by atoms with Gasteiger partial charge in [-0.1, -0.05) is 13.0 Å². The van der Waals surface area contributed by atoms with Crippen LogP contribution < -0.4 is 0 Å². The first kappa shape index (κ1) is 10.3. The molecular formula is C13H17NO. The highest BCUT2D eigenvalue weighted by Gasteiger charge is 2.26. The van der Waals surface area contributed by atoms with Gasteiger partial charge in [0, 0.05) is 24.7 Å². The third kappa shape index (κ3) is 2.65. The Morgan fingerprint density at radius 3 is 3.13 bits per heavy atom. The maximum atomic E-state index is 11.7. The summed E-state index contributed by atoms with van der Waals surface area (Å²) in [5.74, 6) is 1.37. The standard InChI is InChI=1S/C13H17NO/c1-10-4-5-13(15)12(7-10)8-11-3-2-6-14-9-11/h2-3,6,9-10,12H,4-5,7-8H2,1H3/t10-,12+/m0/s1. The van der Waals surface area contributed by atoms with Crippen LogP contribution >= 0.6 is 0 Å². The Labute approximate surface area is 90.7 Å². The van der Waals surface area contributed by atoms with Gasteiger partial charge >= 0.3 is 0 Å². The molecule has 1 heterocycles. The van der Waals surface area contributed by atoms with Crippen LogP contribution in [0.15, 0.2) is 24.5 Å². The van der Waals surface area contributed by atoms with E-state index >= 15 is 0 Å². The second-order valence-corrected chi connectivity index (χ2v) is 4.61. The molecule has 0 bridgehead atoms. The molecule has 1 aromatic heterocycles. The van der Waals surface area contributed by atoms with Crippen molar-refractivity contribution in [1.82, 2.24) is 4.98 Å². The molecule has 1 aromatic rings. The molecule has 0 N–H and O–H groups in total. The molecule has 0 aromatic carbocycles. The van der Waals surface area contributed by atoms with Gasteiger partial charge in [-0.25, -0.2) is 0 Å². The van der Waals surface area contributed by atoms with E-state index in [0.717, 1.165) is 25.7 Å². The van der Waals surface area contributed by atoms with Crippen molar-refractivity contribution in [2.75, 3.05) is 0 Å². The summed E-state index contributed by atoms with van der Waals surface area (Å²) in [7, 11) is 0. The molecule has 0 aliphatic heterocycles. The molecule has 2 heteroatoms. The van der Waals surface area contributed by atoms with Crippen LogP contribution in [-0.4, -0.2) is 10.8 Å². The first-order valence-corrected chi connectivity index (χ1v) is 5.67. The Hall–Kier alpha value is -1.18. The van der Waals surface area contributed by atoms with Crippen LogP contribution in [0.3, 0.4) is 0 Å². The van der Waals surface area contributed by atoms with Crippen LogP contribution in [0.4, 0.5) is 0 Å². The summed E-state index contributed by atoms with van der Waals surface area (Å²) in [6.45, 7) is 2.24. The molecule has 80 valence electrons.